The van der Waals surface area contributed by atoms with Gasteiger partial charge in [-0.1, -0.05) is 0 Å². The van der Waals surface area contributed by atoms with Crippen molar-refractivity contribution in [1.82, 2.24) is 0 Å². The highest BCUT2D eigenvalue weighted by Crippen LogP contribution is 2.36. The minimum Gasteiger partial charge on any atom is -0.462 e. The number of hydrogen-bond acceptors (Lipinski definition) is 10. The number of ketones is 1. The number of hydrogen-bond donors (Lipinski definition) is 6. The van der Waals surface area contributed by atoms with Crippen molar-refractivity contribution >= 4 is 11.8 Å². The van der Waals surface area contributed by atoms with Crippen LogP contribution in [0.3, 0.4) is 0 Å². The van der Waals surface area contributed by atoms with Gasteiger partial charge in [0.1, 0.15) is 12.6 Å². The van der Waals surface area contributed by atoms with Crippen molar-refractivity contribution in [3.63, 3.8) is 0 Å². The summed E-state index contributed by atoms with van der Waals surface area (Å²) in [6.45, 7) is 3.36. The van der Waals surface area contributed by atoms with Crippen molar-refractivity contribution in [2.45, 2.75) is 76.0 Å². The molecule has 1 aliphatic heterocycles. The van der Waals surface area contributed by atoms with Crippen LogP contribution in [0.1, 0.15) is 33.6 Å². The molecule has 1 saturated heterocycles. The summed E-state index contributed by atoms with van der Waals surface area (Å²) in [6.07, 6.45) is -6.35. The highest BCUT2D eigenvalue weighted by atomic mass is 16.6. The number of rotatable bonds is 8. The summed E-state index contributed by atoms with van der Waals surface area (Å²) in [6, 6.07) is -1.26. The minimum atomic E-state index is -2.22. The Morgan fingerprint density at radius 3 is 2.35 bits per heavy atom. The number of aliphatic hydroxyl groups is 5. The molecule has 0 saturated carbocycles. The Balaban J connectivity index is 2.75. The van der Waals surface area contributed by atoms with Gasteiger partial charge in [-0.2, -0.15) is 0 Å². The van der Waals surface area contributed by atoms with Crippen LogP contribution >= 0.6 is 0 Å². The molecular weight excluding hydrogens is 350 g/mol. The van der Waals surface area contributed by atoms with Gasteiger partial charge in [0.15, 0.2) is 5.78 Å². The topological polar surface area (TPSA) is 180 Å². The van der Waals surface area contributed by atoms with Crippen molar-refractivity contribution in [2.24, 2.45) is 11.7 Å². The summed E-state index contributed by atoms with van der Waals surface area (Å²) in [5.41, 5.74) is 5.41. The first-order valence-corrected chi connectivity index (χ1v) is 8.44. The Morgan fingerprint density at radius 2 is 1.88 bits per heavy atom. The van der Waals surface area contributed by atoms with E-state index in [2.05, 4.69) is 0 Å². The number of carbonyl (C=O) groups excluding carboxylic acids is 2. The van der Waals surface area contributed by atoms with Gasteiger partial charge in [0.05, 0.1) is 30.5 Å². The van der Waals surface area contributed by atoms with Gasteiger partial charge in [-0.15, -0.1) is 0 Å². The second-order valence-electron chi connectivity index (χ2n) is 6.87. The van der Waals surface area contributed by atoms with Crippen LogP contribution < -0.4 is 5.73 Å². The predicted octanol–water partition coefficient (Wildman–Crippen LogP) is -2.59. The van der Waals surface area contributed by atoms with E-state index >= 15 is 0 Å². The predicted molar refractivity (Wildman–Crippen MR) is 87.5 cm³/mol. The number of Topliss-reactive ketones (excluding diaryl/α,β-unsaturated/α-hetero) is 1. The summed E-state index contributed by atoms with van der Waals surface area (Å²) in [7, 11) is 0. The van der Waals surface area contributed by atoms with Crippen molar-refractivity contribution in [2.75, 3.05) is 6.61 Å². The van der Waals surface area contributed by atoms with Crippen LogP contribution in [0.25, 0.3) is 0 Å². The van der Waals surface area contributed by atoms with Crippen LogP contribution in [0.15, 0.2) is 0 Å². The van der Waals surface area contributed by atoms with E-state index in [0.717, 1.165) is 6.92 Å². The third-order valence-electron chi connectivity index (χ3n) is 4.53. The molecule has 0 aromatic carbocycles. The van der Waals surface area contributed by atoms with Crippen molar-refractivity contribution < 1.29 is 44.6 Å². The van der Waals surface area contributed by atoms with Gasteiger partial charge in [0.2, 0.25) is 5.79 Å². The van der Waals surface area contributed by atoms with E-state index in [0.29, 0.717) is 0 Å². The molecule has 1 fully saturated rings. The molecule has 152 valence electrons. The smallest absolute Gasteiger partial charge is 0.325 e. The quantitative estimate of drug-likeness (QED) is 0.245. The maximum Gasteiger partial charge on any atom is 0.325 e. The van der Waals surface area contributed by atoms with Crippen LogP contribution in [0.4, 0.5) is 0 Å². The lowest BCUT2D eigenvalue weighted by Crippen LogP contribution is -2.58. The van der Waals surface area contributed by atoms with E-state index in [4.69, 9.17) is 15.2 Å². The molecule has 10 nitrogen and oxygen atoms in total. The average Bonchev–Trinajstić information content (AvgIpc) is 2.50. The zero-order chi connectivity index (χ0) is 20.2. The normalized spacial score (nSPS) is 33.8. The second-order valence-corrected chi connectivity index (χ2v) is 6.87. The fourth-order valence-corrected chi connectivity index (χ4v) is 2.92. The lowest BCUT2D eigenvalue weighted by atomic mass is 9.81. The molecule has 0 aliphatic carbocycles. The standard InChI is InChI=1S/C16H29NO9/c1-7(18)13-11(22)5-16(24,9(3)20)26-12(13)4-10(21)6-25-15(23)14(17)8(2)19/h7-8,10-14,18-19,21-22,24H,4-6,17H2,1-3H3/t7?,8-,10-,11?,12?,13?,14+,16?/m0/s1. The van der Waals surface area contributed by atoms with E-state index in [1.54, 1.807) is 0 Å². The first-order valence-electron chi connectivity index (χ1n) is 8.44. The summed E-state index contributed by atoms with van der Waals surface area (Å²) >= 11 is 0. The monoisotopic (exact) mass is 379 g/mol. The van der Waals surface area contributed by atoms with Gasteiger partial charge >= 0.3 is 5.97 Å². The summed E-state index contributed by atoms with van der Waals surface area (Å²) in [4.78, 5) is 23.2. The number of carbonyl (C=O) groups is 2. The van der Waals surface area contributed by atoms with Gasteiger partial charge in [0, 0.05) is 25.7 Å². The number of nitrogens with two attached hydrogens (primary N) is 1. The molecule has 0 aromatic heterocycles. The highest BCUT2D eigenvalue weighted by molar-refractivity contribution is 5.83. The van der Waals surface area contributed by atoms with Crippen LogP contribution in [0.5, 0.6) is 0 Å². The van der Waals surface area contributed by atoms with Gasteiger partial charge < -0.3 is 40.7 Å². The third kappa shape index (κ3) is 5.68. The summed E-state index contributed by atoms with van der Waals surface area (Å²) in [5, 5.41) is 49.6. The lowest BCUT2D eigenvalue weighted by molar-refractivity contribution is -0.285. The Kier molecular flexibility index (Phi) is 8.08. The molecule has 26 heavy (non-hydrogen) atoms. The van der Waals surface area contributed by atoms with E-state index in [-0.39, 0.29) is 6.42 Å². The molecule has 0 amide bonds. The molecule has 1 heterocycles. The number of ether oxygens (including phenoxy) is 2. The Bertz CT molecular complexity index is 498. The van der Waals surface area contributed by atoms with Gasteiger partial charge in [-0.25, -0.2) is 0 Å². The molecule has 7 N–H and O–H groups in total. The SMILES string of the molecule is CC(=O)C1(O)CC(O)C(C(C)O)C(C[C@H](O)COC(=O)[C@H](N)[C@H](C)O)O1. The number of aliphatic hydroxyl groups excluding tert-OH is 4. The first kappa shape index (κ1) is 22.9. The van der Waals surface area contributed by atoms with Gasteiger partial charge in [-0.3, -0.25) is 9.59 Å². The molecule has 8 atom stereocenters. The van der Waals surface area contributed by atoms with Crippen LogP contribution in [0.2, 0.25) is 0 Å². The molecule has 0 aromatic rings. The maximum absolute atomic E-state index is 11.6. The van der Waals surface area contributed by atoms with E-state index < -0.39 is 73.0 Å². The van der Waals surface area contributed by atoms with Crippen molar-refractivity contribution in [1.29, 1.82) is 0 Å². The van der Waals surface area contributed by atoms with Crippen molar-refractivity contribution in [3.05, 3.63) is 0 Å². The van der Waals surface area contributed by atoms with Gasteiger partial charge in [0.25, 0.3) is 0 Å². The molecule has 0 radical (unpaired) electrons. The van der Waals surface area contributed by atoms with Crippen molar-refractivity contribution in [3.8, 4) is 0 Å². The highest BCUT2D eigenvalue weighted by Gasteiger charge is 2.50. The minimum absolute atomic E-state index is 0.223. The molecule has 10 heteroatoms. The van der Waals surface area contributed by atoms with Crippen LogP contribution in [-0.2, 0) is 19.1 Å². The zero-order valence-electron chi connectivity index (χ0n) is 15.1. The van der Waals surface area contributed by atoms with Gasteiger partial charge in [-0.05, 0) is 13.8 Å². The average molecular weight is 379 g/mol. The largest absolute Gasteiger partial charge is 0.462 e. The first-order chi connectivity index (χ1) is 11.9. The molecule has 1 rings (SSSR count). The molecule has 0 bridgehead atoms. The van der Waals surface area contributed by atoms with E-state index in [1.807, 2.05) is 0 Å². The molecular formula is C16H29NO9. The number of esters is 1. The van der Waals surface area contributed by atoms with E-state index in [9.17, 15) is 35.1 Å². The van der Waals surface area contributed by atoms with E-state index in [1.165, 1.54) is 13.8 Å². The fourth-order valence-electron chi connectivity index (χ4n) is 2.92. The van der Waals surface area contributed by atoms with Crippen LogP contribution in [-0.4, -0.2) is 86.2 Å². The second kappa shape index (κ2) is 9.18. The Hall–Kier alpha value is -1.14. The molecule has 0 spiro atoms. The zero-order valence-corrected chi connectivity index (χ0v) is 15.1. The lowest BCUT2D eigenvalue weighted by Gasteiger charge is -2.44. The Labute approximate surface area is 151 Å². The third-order valence-corrected chi connectivity index (χ3v) is 4.53. The fraction of sp³-hybridized carbons (Fsp3) is 0.875. The molecule has 1 aliphatic rings. The Morgan fingerprint density at radius 1 is 1.31 bits per heavy atom. The summed E-state index contributed by atoms with van der Waals surface area (Å²) in [5.74, 6) is -4.70. The van der Waals surface area contributed by atoms with Crippen LogP contribution in [0, 0.1) is 5.92 Å². The maximum atomic E-state index is 11.6. The summed E-state index contributed by atoms with van der Waals surface area (Å²) < 4.78 is 10.2. The molecule has 5 unspecified atom stereocenters.